The number of nitrogens with zero attached hydrogens (tertiary/aromatic N) is 1. The summed E-state index contributed by atoms with van der Waals surface area (Å²) < 4.78 is 13.5. The first-order valence-corrected chi connectivity index (χ1v) is 10.8. The van der Waals surface area contributed by atoms with Gasteiger partial charge in [-0.25, -0.2) is 9.45 Å². The van der Waals surface area contributed by atoms with Gasteiger partial charge in [0.05, 0.1) is 18.3 Å². The van der Waals surface area contributed by atoms with Crippen LogP contribution in [0.4, 0.5) is 10.1 Å². The van der Waals surface area contributed by atoms with Crippen molar-refractivity contribution in [2.45, 2.75) is 25.3 Å². The fraction of sp³-hybridized carbons (Fsp3) is 0.259. The standard InChI is InChI=1S/C27H26FNO/c28-24-15-17-25(18-16-24)29-27(26(19-30-29)22-9-5-2-6-10-22)23-13-11-21(12-14-23)20-7-3-1-4-8-20/h1-5,7-8,11-18,22,26-27H,6,9-10,19H2. The molecule has 0 amide bonds. The van der Waals surface area contributed by atoms with Gasteiger partial charge in [0.1, 0.15) is 5.82 Å². The lowest BCUT2D eigenvalue weighted by atomic mass is 9.77. The molecule has 0 N–H and O–H groups in total. The molecule has 1 saturated heterocycles. The lowest BCUT2D eigenvalue weighted by molar-refractivity contribution is 0.144. The number of halogens is 1. The molecule has 3 atom stereocenters. The van der Waals surface area contributed by atoms with Gasteiger partial charge in [-0.2, -0.15) is 0 Å². The topological polar surface area (TPSA) is 12.5 Å². The second-order valence-electron chi connectivity index (χ2n) is 8.24. The van der Waals surface area contributed by atoms with Gasteiger partial charge in [0.15, 0.2) is 0 Å². The average molecular weight is 400 g/mol. The van der Waals surface area contributed by atoms with Crippen LogP contribution in [0.5, 0.6) is 0 Å². The van der Waals surface area contributed by atoms with Gasteiger partial charge in [0.25, 0.3) is 0 Å². The van der Waals surface area contributed by atoms with Gasteiger partial charge in [-0.05, 0) is 66.1 Å². The summed E-state index contributed by atoms with van der Waals surface area (Å²) in [5.74, 6) is 0.775. The minimum Gasteiger partial charge on any atom is -0.272 e. The van der Waals surface area contributed by atoms with Crippen molar-refractivity contribution in [1.82, 2.24) is 0 Å². The molecule has 1 aliphatic carbocycles. The molecule has 2 nitrogen and oxygen atoms in total. The van der Waals surface area contributed by atoms with Gasteiger partial charge in [0, 0.05) is 5.92 Å². The number of hydrogen-bond donors (Lipinski definition) is 0. The molecule has 0 radical (unpaired) electrons. The Labute approximate surface area is 177 Å². The number of allylic oxidation sites excluding steroid dienone is 2. The van der Waals surface area contributed by atoms with Crippen molar-refractivity contribution in [3.63, 3.8) is 0 Å². The Kier molecular flexibility index (Phi) is 5.37. The van der Waals surface area contributed by atoms with E-state index in [1.54, 1.807) is 0 Å². The molecule has 30 heavy (non-hydrogen) atoms. The lowest BCUT2D eigenvalue weighted by Crippen LogP contribution is -2.28. The summed E-state index contributed by atoms with van der Waals surface area (Å²) in [6, 6.07) is 26.0. The third-order valence-electron chi connectivity index (χ3n) is 6.42. The predicted molar refractivity (Wildman–Crippen MR) is 119 cm³/mol. The summed E-state index contributed by atoms with van der Waals surface area (Å²) in [6.45, 7) is 0.695. The summed E-state index contributed by atoms with van der Waals surface area (Å²) in [4.78, 5) is 6.21. The quantitative estimate of drug-likeness (QED) is 0.440. The Morgan fingerprint density at radius 3 is 2.23 bits per heavy atom. The summed E-state index contributed by atoms with van der Waals surface area (Å²) in [7, 11) is 0. The van der Waals surface area contributed by atoms with Gasteiger partial charge in [-0.1, -0.05) is 66.7 Å². The van der Waals surface area contributed by atoms with E-state index in [0.29, 0.717) is 18.4 Å². The molecule has 0 bridgehead atoms. The van der Waals surface area contributed by atoms with E-state index < -0.39 is 0 Å². The molecule has 1 heterocycles. The Hall–Kier alpha value is -2.91. The third kappa shape index (κ3) is 3.78. The van der Waals surface area contributed by atoms with Crippen LogP contribution in [0.2, 0.25) is 0 Å². The first-order chi connectivity index (χ1) is 14.8. The highest BCUT2D eigenvalue weighted by Gasteiger charge is 2.41. The van der Waals surface area contributed by atoms with Gasteiger partial charge >= 0.3 is 0 Å². The molecule has 152 valence electrons. The van der Waals surface area contributed by atoms with Crippen LogP contribution in [0.25, 0.3) is 11.1 Å². The average Bonchev–Trinajstić information content (AvgIpc) is 3.26. The number of anilines is 1. The maximum atomic E-state index is 13.5. The van der Waals surface area contributed by atoms with E-state index in [1.807, 2.05) is 23.3 Å². The molecular weight excluding hydrogens is 373 g/mol. The third-order valence-corrected chi connectivity index (χ3v) is 6.42. The van der Waals surface area contributed by atoms with Gasteiger partial charge in [-0.15, -0.1) is 0 Å². The zero-order chi connectivity index (χ0) is 20.3. The van der Waals surface area contributed by atoms with Crippen molar-refractivity contribution in [2.75, 3.05) is 11.7 Å². The molecule has 1 aliphatic heterocycles. The van der Waals surface area contributed by atoms with E-state index in [2.05, 4.69) is 60.7 Å². The highest BCUT2D eigenvalue weighted by Crippen LogP contribution is 2.45. The molecule has 0 aromatic heterocycles. The fourth-order valence-electron chi connectivity index (χ4n) is 4.82. The predicted octanol–water partition coefficient (Wildman–Crippen LogP) is 6.96. The molecule has 3 heteroatoms. The Balaban J connectivity index is 1.49. The van der Waals surface area contributed by atoms with Crippen molar-refractivity contribution in [3.05, 3.63) is 102 Å². The Morgan fingerprint density at radius 2 is 1.53 bits per heavy atom. The SMILES string of the molecule is Fc1ccc(N2OCC(C3CC=CCC3)C2c2ccc(-c3ccccc3)cc2)cc1. The molecule has 3 aromatic carbocycles. The Bertz CT molecular complexity index is 997. The summed E-state index contributed by atoms with van der Waals surface area (Å²) in [6.07, 6.45) is 8.03. The van der Waals surface area contributed by atoms with Crippen LogP contribution in [-0.4, -0.2) is 6.61 Å². The van der Waals surface area contributed by atoms with E-state index in [9.17, 15) is 4.39 Å². The molecule has 5 rings (SSSR count). The van der Waals surface area contributed by atoms with Crippen LogP contribution in [0.1, 0.15) is 30.9 Å². The second kappa shape index (κ2) is 8.45. The van der Waals surface area contributed by atoms with E-state index in [-0.39, 0.29) is 11.9 Å². The summed E-state index contributed by atoms with van der Waals surface area (Å²) >= 11 is 0. The van der Waals surface area contributed by atoms with Gasteiger partial charge in [-0.3, -0.25) is 4.84 Å². The zero-order valence-electron chi connectivity index (χ0n) is 17.0. The Morgan fingerprint density at radius 1 is 0.800 bits per heavy atom. The molecule has 0 saturated carbocycles. The number of hydroxylamine groups is 1. The number of hydrogen-bond acceptors (Lipinski definition) is 2. The molecule has 1 fully saturated rings. The van der Waals surface area contributed by atoms with Crippen molar-refractivity contribution in [3.8, 4) is 11.1 Å². The van der Waals surface area contributed by atoms with Crippen LogP contribution in [0, 0.1) is 17.7 Å². The zero-order valence-corrected chi connectivity index (χ0v) is 17.0. The highest BCUT2D eigenvalue weighted by atomic mass is 19.1. The van der Waals surface area contributed by atoms with Crippen molar-refractivity contribution in [2.24, 2.45) is 11.8 Å². The molecule has 0 spiro atoms. The molecular formula is C27H26FNO. The van der Waals surface area contributed by atoms with Gasteiger partial charge < -0.3 is 0 Å². The normalized spacial score (nSPS) is 23.6. The van der Waals surface area contributed by atoms with E-state index in [0.717, 1.165) is 18.5 Å². The van der Waals surface area contributed by atoms with Crippen LogP contribution in [0.3, 0.4) is 0 Å². The first-order valence-electron chi connectivity index (χ1n) is 10.8. The number of rotatable bonds is 4. The highest BCUT2D eigenvalue weighted by molar-refractivity contribution is 5.63. The van der Waals surface area contributed by atoms with Gasteiger partial charge in [0.2, 0.25) is 0 Å². The van der Waals surface area contributed by atoms with Crippen molar-refractivity contribution >= 4 is 5.69 Å². The van der Waals surface area contributed by atoms with E-state index in [1.165, 1.54) is 35.2 Å². The molecule has 2 aliphatic rings. The van der Waals surface area contributed by atoms with E-state index in [4.69, 9.17) is 4.84 Å². The van der Waals surface area contributed by atoms with Crippen molar-refractivity contribution in [1.29, 1.82) is 0 Å². The minimum atomic E-state index is -0.226. The maximum absolute atomic E-state index is 13.5. The maximum Gasteiger partial charge on any atom is 0.123 e. The van der Waals surface area contributed by atoms with Crippen LogP contribution in [-0.2, 0) is 4.84 Å². The summed E-state index contributed by atoms with van der Waals surface area (Å²) in [5, 5.41) is 2.00. The summed E-state index contributed by atoms with van der Waals surface area (Å²) in [5.41, 5.74) is 4.58. The second-order valence-corrected chi connectivity index (χ2v) is 8.24. The van der Waals surface area contributed by atoms with Crippen LogP contribution < -0.4 is 5.06 Å². The smallest absolute Gasteiger partial charge is 0.123 e. The fourth-order valence-corrected chi connectivity index (χ4v) is 4.82. The van der Waals surface area contributed by atoms with Crippen LogP contribution >= 0.6 is 0 Å². The number of benzene rings is 3. The first kappa shape index (κ1) is 19.1. The van der Waals surface area contributed by atoms with Crippen LogP contribution in [0.15, 0.2) is 91.0 Å². The molecule has 3 aromatic rings. The lowest BCUT2D eigenvalue weighted by Gasteiger charge is -2.32. The largest absolute Gasteiger partial charge is 0.272 e. The van der Waals surface area contributed by atoms with Crippen molar-refractivity contribution < 1.29 is 9.23 Å². The van der Waals surface area contributed by atoms with E-state index >= 15 is 0 Å². The minimum absolute atomic E-state index is 0.122. The monoisotopic (exact) mass is 399 g/mol. The molecule has 3 unspecified atom stereocenters.